The molecule has 0 heterocycles. The summed E-state index contributed by atoms with van der Waals surface area (Å²) in [5.74, 6) is 0.432. The number of ether oxygens (including phenoxy) is 1. The highest BCUT2D eigenvalue weighted by atomic mass is 32.2. The summed E-state index contributed by atoms with van der Waals surface area (Å²) in [5.41, 5.74) is 1.09. The van der Waals surface area contributed by atoms with Gasteiger partial charge < -0.3 is 15.2 Å². The number of thioether (sulfide) groups is 1. The maximum absolute atomic E-state index is 12.2. The van der Waals surface area contributed by atoms with Crippen LogP contribution in [0, 0.1) is 5.92 Å². The van der Waals surface area contributed by atoms with Crippen LogP contribution in [0.2, 0.25) is 0 Å². The molecule has 2 rings (SSSR count). The number of amides is 1. The molecule has 0 aliphatic heterocycles. The zero-order chi connectivity index (χ0) is 16.1. The van der Waals surface area contributed by atoms with E-state index in [1.165, 1.54) is 0 Å². The SMILES string of the molecule is COc1ccc(C2CC2C(=O)NC(CCSC)C(=O)O)cc1. The van der Waals surface area contributed by atoms with Crippen LogP contribution in [0.15, 0.2) is 24.3 Å². The zero-order valence-electron chi connectivity index (χ0n) is 12.7. The van der Waals surface area contributed by atoms with Gasteiger partial charge in [-0.15, -0.1) is 0 Å². The van der Waals surface area contributed by atoms with E-state index in [0.717, 1.165) is 17.7 Å². The summed E-state index contributed by atoms with van der Waals surface area (Å²) in [6.07, 6.45) is 3.14. The lowest BCUT2D eigenvalue weighted by molar-refractivity contribution is -0.142. The molecule has 120 valence electrons. The van der Waals surface area contributed by atoms with Gasteiger partial charge in [-0.25, -0.2) is 4.79 Å². The van der Waals surface area contributed by atoms with Gasteiger partial charge in [0.05, 0.1) is 7.11 Å². The Morgan fingerprint density at radius 3 is 2.64 bits per heavy atom. The van der Waals surface area contributed by atoms with Crippen molar-refractivity contribution in [3.63, 3.8) is 0 Å². The lowest BCUT2D eigenvalue weighted by Crippen LogP contribution is -2.42. The van der Waals surface area contributed by atoms with Crippen molar-refractivity contribution in [2.75, 3.05) is 19.1 Å². The lowest BCUT2D eigenvalue weighted by Gasteiger charge is -2.14. The molecule has 6 heteroatoms. The molecule has 0 saturated heterocycles. The van der Waals surface area contributed by atoms with E-state index >= 15 is 0 Å². The Balaban J connectivity index is 1.90. The first-order valence-corrected chi connectivity index (χ1v) is 8.62. The number of hydrogen-bond donors (Lipinski definition) is 2. The Kier molecular flexibility index (Phi) is 5.71. The fraction of sp³-hybridized carbons (Fsp3) is 0.500. The molecule has 0 bridgehead atoms. The smallest absolute Gasteiger partial charge is 0.326 e. The minimum Gasteiger partial charge on any atom is -0.497 e. The molecule has 1 aromatic rings. The van der Waals surface area contributed by atoms with Gasteiger partial charge in [0.2, 0.25) is 5.91 Å². The first-order valence-electron chi connectivity index (χ1n) is 7.23. The quantitative estimate of drug-likeness (QED) is 0.766. The average molecular weight is 323 g/mol. The monoisotopic (exact) mass is 323 g/mol. The number of methoxy groups -OCH3 is 1. The van der Waals surface area contributed by atoms with Gasteiger partial charge in [-0.1, -0.05) is 12.1 Å². The summed E-state index contributed by atoms with van der Waals surface area (Å²) in [5, 5.41) is 11.8. The van der Waals surface area contributed by atoms with Crippen LogP contribution >= 0.6 is 11.8 Å². The Labute approximate surface area is 134 Å². The maximum atomic E-state index is 12.2. The molecule has 2 N–H and O–H groups in total. The molecule has 0 radical (unpaired) electrons. The molecule has 1 amide bonds. The summed E-state index contributed by atoms with van der Waals surface area (Å²) in [7, 11) is 1.61. The third-order valence-electron chi connectivity index (χ3n) is 3.90. The highest BCUT2D eigenvalue weighted by molar-refractivity contribution is 7.98. The van der Waals surface area contributed by atoms with Crippen LogP contribution in [-0.2, 0) is 9.59 Å². The van der Waals surface area contributed by atoms with Gasteiger partial charge in [-0.2, -0.15) is 11.8 Å². The fourth-order valence-electron chi connectivity index (χ4n) is 2.48. The average Bonchev–Trinajstić information content (AvgIpc) is 3.31. The lowest BCUT2D eigenvalue weighted by atomic mass is 10.1. The van der Waals surface area contributed by atoms with Crippen molar-refractivity contribution in [2.24, 2.45) is 5.92 Å². The zero-order valence-corrected chi connectivity index (χ0v) is 13.6. The minimum atomic E-state index is -0.968. The summed E-state index contributed by atoms with van der Waals surface area (Å²) >= 11 is 1.57. The van der Waals surface area contributed by atoms with Crippen molar-refractivity contribution < 1.29 is 19.4 Å². The number of carbonyl (C=O) groups excluding carboxylic acids is 1. The first-order chi connectivity index (χ1) is 10.6. The number of benzene rings is 1. The third-order valence-corrected chi connectivity index (χ3v) is 4.54. The van der Waals surface area contributed by atoms with Crippen molar-refractivity contribution in [1.82, 2.24) is 5.32 Å². The van der Waals surface area contributed by atoms with Gasteiger partial charge in [0.25, 0.3) is 0 Å². The Morgan fingerprint density at radius 1 is 1.41 bits per heavy atom. The van der Waals surface area contributed by atoms with Crippen LogP contribution in [0.5, 0.6) is 5.75 Å². The molecule has 22 heavy (non-hydrogen) atoms. The highest BCUT2D eigenvalue weighted by Gasteiger charge is 2.44. The second-order valence-corrected chi connectivity index (χ2v) is 6.39. The van der Waals surface area contributed by atoms with Gasteiger partial charge in [0, 0.05) is 5.92 Å². The Morgan fingerprint density at radius 2 is 2.09 bits per heavy atom. The second kappa shape index (κ2) is 7.54. The van der Waals surface area contributed by atoms with E-state index in [1.807, 2.05) is 30.5 Å². The second-order valence-electron chi connectivity index (χ2n) is 5.40. The molecule has 1 fully saturated rings. The van der Waals surface area contributed by atoms with Gasteiger partial charge in [-0.05, 0) is 48.5 Å². The number of aliphatic carboxylic acids is 1. The number of carboxylic acid groups (broad SMARTS) is 1. The maximum Gasteiger partial charge on any atom is 0.326 e. The van der Waals surface area contributed by atoms with E-state index in [4.69, 9.17) is 9.84 Å². The summed E-state index contributed by atoms with van der Waals surface area (Å²) in [4.78, 5) is 23.4. The van der Waals surface area contributed by atoms with E-state index in [1.54, 1.807) is 18.9 Å². The van der Waals surface area contributed by atoms with Gasteiger partial charge in [-0.3, -0.25) is 4.79 Å². The van der Waals surface area contributed by atoms with E-state index in [-0.39, 0.29) is 17.7 Å². The summed E-state index contributed by atoms with van der Waals surface area (Å²) in [6.45, 7) is 0. The molecule has 3 unspecified atom stereocenters. The molecule has 1 aliphatic carbocycles. The molecule has 3 atom stereocenters. The molecule has 1 aliphatic rings. The predicted molar refractivity (Wildman–Crippen MR) is 86.4 cm³/mol. The number of carbonyl (C=O) groups is 2. The molecule has 5 nitrogen and oxygen atoms in total. The van der Waals surface area contributed by atoms with Crippen LogP contribution in [-0.4, -0.2) is 42.1 Å². The number of nitrogens with one attached hydrogen (secondary N) is 1. The van der Waals surface area contributed by atoms with Crippen LogP contribution in [0.1, 0.15) is 24.3 Å². The molecule has 0 aromatic heterocycles. The minimum absolute atomic E-state index is 0.121. The Bertz CT molecular complexity index is 531. The number of carboxylic acids is 1. The van der Waals surface area contributed by atoms with Gasteiger partial charge in [0.15, 0.2) is 0 Å². The largest absolute Gasteiger partial charge is 0.497 e. The van der Waals surface area contributed by atoms with Crippen molar-refractivity contribution in [2.45, 2.75) is 24.8 Å². The van der Waals surface area contributed by atoms with Crippen LogP contribution in [0.3, 0.4) is 0 Å². The molecule has 0 spiro atoms. The van der Waals surface area contributed by atoms with Crippen molar-refractivity contribution in [3.05, 3.63) is 29.8 Å². The van der Waals surface area contributed by atoms with Gasteiger partial charge >= 0.3 is 5.97 Å². The fourth-order valence-corrected chi connectivity index (χ4v) is 2.95. The van der Waals surface area contributed by atoms with Crippen molar-refractivity contribution in [3.8, 4) is 5.75 Å². The van der Waals surface area contributed by atoms with Crippen LogP contribution in [0.25, 0.3) is 0 Å². The summed E-state index contributed by atoms with van der Waals surface area (Å²) in [6, 6.07) is 6.87. The predicted octanol–water partition coefficient (Wildman–Crippen LogP) is 2.12. The Hall–Kier alpha value is -1.69. The standard InChI is InChI=1S/C16H21NO4S/c1-21-11-5-3-10(4-6-11)12-9-13(12)15(18)17-14(16(19)20)7-8-22-2/h3-6,12-14H,7-9H2,1-2H3,(H,17,18)(H,19,20). The van der Waals surface area contributed by atoms with Gasteiger partial charge in [0.1, 0.15) is 11.8 Å². The number of rotatable bonds is 8. The molecule has 1 aromatic carbocycles. The molecular formula is C16H21NO4S. The van der Waals surface area contributed by atoms with E-state index in [9.17, 15) is 9.59 Å². The van der Waals surface area contributed by atoms with Crippen molar-refractivity contribution in [1.29, 1.82) is 0 Å². The normalized spacial score (nSPS) is 21.0. The summed E-state index contributed by atoms with van der Waals surface area (Å²) < 4.78 is 5.11. The van der Waals surface area contributed by atoms with E-state index in [2.05, 4.69) is 5.32 Å². The van der Waals surface area contributed by atoms with E-state index in [0.29, 0.717) is 12.2 Å². The topological polar surface area (TPSA) is 75.6 Å². The highest BCUT2D eigenvalue weighted by Crippen LogP contribution is 2.47. The van der Waals surface area contributed by atoms with E-state index < -0.39 is 12.0 Å². The molecule has 1 saturated carbocycles. The molecular weight excluding hydrogens is 302 g/mol. The van der Waals surface area contributed by atoms with Crippen LogP contribution < -0.4 is 10.1 Å². The third kappa shape index (κ3) is 4.16. The van der Waals surface area contributed by atoms with Crippen LogP contribution in [0.4, 0.5) is 0 Å². The van der Waals surface area contributed by atoms with Crippen molar-refractivity contribution >= 4 is 23.6 Å². The number of hydrogen-bond acceptors (Lipinski definition) is 4. The first kappa shape index (κ1) is 16.7.